The van der Waals surface area contributed by atoms with Gasteiger partial charge in [-0.3, -0.25) is 0 Å². The van der Waals surface area contributed by atoms with Crippen molar-refractivity contribution in [2.24, 2.45) is 0 Å². The lowest BCUT2D eigenvalue weighted by Gasteiger charge is -2.22. The molecule has 0 N–H and O–H groups in total. The minimum Gasteiger partial charge on any atom is -0.495 e. The topological polar surface area (TPSA) is 29.5 Å². The Balaban J connectivity index is 2.76. The summed E-state index contributed by atoms with van der Waals surface area (Å²) in [5.74, 6) is 0.919. The number of anilines is 1. The molecule has 0 spiro atoms. The molecule has 0 unspecified atom stereocenters. The second-order valence-corrected chi connectivity index (χ2v) is 4.91. The maximum atomic E-state index is 10.9. The fraction of sp³-hybridized carbons (Fsp3) is 0.500. The van der Waals surface area contributed by atoms with E-state index in [1.54, 1.807) is 14.0 Å². The molecular weight excluding hydrogens is 250 g/mol. The molecule has 0 aliphatic rings. The van der Waals surface area contributed by atoms with Gasteiger partial charge < -0.3 is 14.4 Å². The molecule has 0 atom stereocenters. The van der Waals surface area contributed by atoms with Gasteiger partial charge in [0.15, 0.2) is 0 Å². The number of hydrogen-bond donors (Lipinski definition) is 0. The van der Waals surface area contributed by atoms with E-state index in [9.17, 15) is 4.79 Å². The third-order valence-corrected chi connectivity index (χ3v) is 3.20. The molecule has 0 saturated carbocycles. The number of ketones is 1. The molecule has 0 aliphatic carbocycles. The quantitative estimate of drug-likeness (QED) is 0.792. The van der Waals surface area contributed by atoms with Crippen molar-refractivity contribution in [2.75, 3.05) is 25.6 Å². The van der Waals surface area contributed by atoms with Gasteiger partial charge >= 0.3 is 0 Å². The number of rotatable bonds is 6. The molecule has 0 heterocycles. The zero-order valence-electron chi connectivity index (χ0n) is 11.4. The van der Waals surface area contributed by atoms with Crippen molar-refractivity contribution >= 4 is 23.1 Å². The summed E-state index contributed by atoms with van der Waals surface area (Å²) in [6.07, 6.45) is 1.47. The Morgan fingerprint density at radius 2 is 2.11 bits per heavy atom. The second kappa shape index (κ2) is 6.64. The summed E-state index contributed by atoms with van der Waals surface area (Å²) in [7, 11) is 3.61. The molecular formula is C14H20ClNO2. The lowest BCUT2D eigenvalue weighted by atomic mass is 10.1. The number of Topliss-reactive ketones (excluding diaryl/α,β-unsaturated/α-hetero) is 1. The summed E-state index contributed by atoms with van der Waals surface area (Å²) >= 11 is 6.12. The van der Waals surface area contributed by atoms with Crippen LogP contribution < -0.4 is 9.64 Å². The second-order valence-electron chi connectivity index (χ2n) is 4.50. The van der Waals surface area contributed by atoms with E-state index in [1.807, 2.05) is 26.1 Å². The van der Waals surface area contributed by atoms with E-state index in [-0.39, 0.29) is 5.78 Å². The summed E-state index contributed by atoms with van der Waals surface area (Å²) in [5, 5.41) is 0.608. The van der Waals surface area contributed by atoms with Crippen molar-refractivity contribution in [3.8, 4) is 5.75 Å². The molecule has 0 bridgehead atoms. The highest BCUT2D eigenvalue weighted by Gasteiger charge is 2.10. The van der Waals surface area contributed by atoms with E-state index in [0.717, 1.165) is 24.2 Å². The fourth-order valence-corrected chi connectivity index (χ4v) is 2.13. The van der Waals surface area contributed by atoms with Crippen LogP contribution in [0.15, 0.2) is 12.1 Å². The van der Waals surface area contributed by atoms with Crippen LogP contribution in [0.3, 0.4) is 0 Å². The molecule has 18 heavy (non-hydrogen) atoms. The molecule has 0 aliphatic heterocycles. The lowest BCUT2D eigenvalue weighted by Crippen LogP contribution is -2.20. The van der Waals surface area contributed by atoms with Gasteiger partial charge in [-0.1, -0.05) is 11.6 Å². The number of carbonyl (C=O) groups excluding carboxylic acids is 1. The standard InChI is InChI=1S/C14H20ClNO2/c1-10-8-14(18-4)12(15)9-13(10)16(3)7-5-6-11(2)17/h8-9H,5-7H2,1-4H3. The highest BCUT2D eigenvalue weighted by molar-refractivity contribution is 6.32. The number of methoxy groups -OCH3 is 1. The summed E-state index contributed by atoms with van der Waals surface area (Å²) in [6, 6.07) is 3.84. The van der Waals surface area contributed by atoms with E-state index < -0.39 is 0 Å². The number of aryl methyl sites for hydroxylation is 1. The van der Waals surface area contributed by atoms with Crippen LogP contribution in [0.25, 0.3) is 0 Å². The van der Waals surface area contributed by atoms with Crippen molar-refractivity contribution in [3.63, 3.8) is 0 Å². The van der Waals surface area contributed by atoms with Gasteiger partial charge in [0.25, 0.3) is 0 Å². The maximum absolute atomic E-state index is 10.9. The van der Waals surface area contributed by atoms with Crippen molar-refractivity contribution < 1.29 is 9.53 Å². The Hall–Kier alpha value is -1.22. The highest BCUT2D eigenvalue weighted by atomic mass is 35.5. The third-order valence-electron chi connectivity index (χ3n) is 2.90. The Bertz CT molecular complexity index is 432. The van der Waals surface area contributed by atoms with Crippen LogP contribution in [0.1, 0.15) is 25.3 Å². The van der Waals surface area contributed by atoms with Gasteiger partial charge in [-0.25, -0.2) is 0 Å². The average molecular weight is 270 g/mol. The zero-order valence-corrected chi connectivity index (χ0v) is 12.2. The van der Waals surface area contributed by atoms with Crippen molar-refractivity contribution in [3.05, 3.63) is 22.7 Å². The molecule has 3 nitrogen and oxygen atoms in total. The third kappa shape index (κ3) is 3.91. The number of benzene rings is 1. The fourth-order valence-electron chi connectivity index (χ4n) is 1.90. The van der Waals surface area contributed by atoms with Gasteiger partial charge in [-0.15, -0.1) is 0 Å². The molecule has 0 radical (unpaired) electrons. The van der Waals surface area contributed by atoms with Crippen molar-refractivity contribution in [1.29, 1.82) is 0 Å². The van der Waals surface area contributed by atoms with E-state index in [4.69, 9.17) is 16.3 Å². The Labute approximate surface area is 114 Å². The van der Waals surface area contributed by atoms with Gasteiger partial charge in [0.05, 0.1) is 12.1 Å². The van der Waals surface area contributed by atoms with Crippen LogP contribution in [-0.4, -0.2) is 26.5 Å². The first-order valence-corrected chi connectivity index (χ1v) is 6.38. The zero-order chi connectivity index (χ0) is 13.7. The van der Waals surface area contributed by atoms with E-state index in [0.29, 0.717) is 17.2 Å². The number of carbonyl (C=O) groups is 1. The van der Waals surface area contributed by atoms with Gasteiger partial charge in [-0.2, -0.15) is 0 Å². The Kier molecular flexibility index (Phi) is 5.48. The number of nitrogens with zero attached hydrogens (tertiary/aromatic N) is 1. The minimum atomic E-state index is 0.230. The van der Waals surface area contributed by atoms with Crippen molar-refractivity contribution in [2.45, 2.75) is 26.7 Å². The Morgan fingerprint density at radius 1 is 1.44 bits per heavy atom. The molecule has 0 fully saturated rings. The van der Waals surface area contributed by atoms with Gasteiger partial charge in [0, 0.05) is 25.7 Å². The van der Waals surface area contributed by atoms with Gasteiger partial charge in [0.1, 0.15) is 11.5 Å². The normalized spacial score (nSPS) is 10.3. The van der Waals surface area contributed by atoms with E-state index >= 15 is 0 Å². The Morgan fingerprint density at radius 3 is 2.67 bits per heavy atom. The smallest absolute Gasteiger partial charge is 0.137 e. The first-order valence-electron chi connectivity index (χ1n) is 6.00. The number of hydrogen-bond acceptors (Lipinski definition) is 3. The van der Waals surface area contributed by atoms with Crippen molar-refractivity contribution in [1.82, 2.24) is 0 Å². The monoisotopic (exact) mass is 269 g/mol. The molecule has 100 valence electrons. The lowest BCUT2D eigenvalue weighted by molar-refractivity contribution is -0.117. The first kappa shape index (κ1) is 14.8. The largest absolute Gasteiger partial charge is 0.495 e. The van der Waals surface area contributed by atoms with Crippen LogP contribution in [-0.2, 0) is 4.79 Å². The molecule has 4 heteroatoms. The predicted octanol–water partition coefficient (Wildman–Crippen LogP) is 3.46. The molecule has 0 saturated heterocycles. The molecule has 1 rings (SSSR count). The molecule has 1 aromatic carbocycles. The van der Waals surface area contributed by atoms with Crippen LogP contribution in [0, 0.1) is 6.92 Å². The summed E-state index contributed by atoms with van der Waals surface area (Å²) in [4.78, 5) is 13.0. The van der Waals surface area contributed by atoms with Gasteiger partial charge in [0.2, 0.25) is 0 Å². The summed E-state index contributed by atoms with van der Waals surface area (Å²) in [6.45, 7) is 4.48. The molecule has 0 aromatic heterocycles. The molecule has 1 aromatic rings. The van der Waals surface area contributed by atoms with E-state index in [2.05, 4.69) is 4.90 Å². The van der Waals surface area contributed by atoms with Gasteiger partial charge in [-0.05, 0) is 38.0 Å². The minimum absolute atomic E-state index is 0.230. The maximum Gasteiger partial charge on any atom is 0.137 e. The van der Waals surface area contributed by atoms with E-state index in [1.165, 1.54) is 0 Å². The predicted molar refractivity (Wildman–Crippen MR) is 75.9 cm³/mol. The van der Waals surface area contributed by atoms with Crippen LogP contribution >= 0.6 is 11.6 Å². The summed E-state index contributed by atoms with van der Waals surface area (Å²) < 4.78 is 5.18. The average Bonchev–Trinajstić information content (AvgIpc) is 2.30. The number of halogens is 1. The molecule has 0 amide bonds. The first-order chi connectivity index (χ1) is 8.45. The number of ether oxygens (including phenoxy) is 1. The van der Waals surface area contributed by atoms with Crippen LogP contribution in [0.4, 0.5) is 5.69 Å². The SMILES string of the molecule is COc1cc(C)c(N(C)CCCC(C)=O)cc1Cl. The van der Waals surface area contributed by atoms with Crippen LogP contribution in [0.5, 0.6) is 5.75 Å². The summed E-state index contributed by atoms with van der Waals surface area (Å²) in [5.41, 5.74) is 2.19. The van der Waals surface area contributed by atoms with Crippen LogP contribution in [0.2, 0.25) is 5.02 Å². The highest BCUT2D eigenvalue weighted by Crippen LogP contribution is 2.32.